The second-order valence-electron chi connectivity index (χ2n) is 11.4. The zero-order chi connectivity index (χ0) is 22.8. The van der Waals surface area contributed by atoms with Gasteiger partial charge in [-0.15, -0.1) is 0 Å². The minimum atomic E-state index is -0.616. The van der Waals surface area contributed by atoms with E-state index >= 15 is 0 Å². The quantitative estimate of drug-likeness (QED) is 0.458. The second kappa shape index (κ2) is 9.93. The molecule has 3 rings (SSSR count). The van der Waals surface area contributed by atoms with E-state index in [2.05, 4.69) is 32.6 Å². The van der Waals surface area contributed by atoms with Gasteiger partial charge in [0.15, 0.2) is 0 Å². The summed E-state index contributed by atoms with van der Waals surface area (Å²) in [4.78, 5) is 0. The summed E-state index contributed by atoms with van der Waals surface area (Å²) >= 11 is 0. The highest BCUT2D eigenvalue weighted by molar-refractivity contribution is 5.38. The first kappa shape index (κ1) is 24.7. The Kier molecular flexibility index (Phi) is 7.92. The van der Waals surface area contributed by atoms with Crippen LogP contribution >= 0.6 is 0 Å². The topological polar surface area (TPSA) is 60.7 Å². The molecule has 3 saturated carbocycles. The molecule has 0 spiro atoms. The molecule has 0 aromatic heterocycles. The average Bonchev–Trinajstić information content (AvgIpc) is 3.09. The Labute approximate surface area is 190 Å². The number of hydrogen-bond acceptors (Lipinski definition) is 3. The molecule has 0 aromatic carbocycles. The fourth-order valence-corrected chi connectivity index (χ4v) is 7.15. The fourth-order valence-electron chi connectivity index (χ4n) is 7.15. The first-order valence-corrected chi connectivity index (χ1v) is 12.7. The minimum absolute atomic E-state index is 0.404. The van der Waals surface area contributed by atoms with Gasteiger partial charge in [0, 0.05) is 6.42 Å². The molecule has 3 heteroatoms. The molecule has 3 fully saturated rings. The highest BCUT2D eigenvalue weighted by Gasteiger charge is 2.52. The second-order valence-corrected chi connectivity index (χ2v) is 11.4. The monoisotopic (exact) mass is 430 g/mol. The lowest BCUT2D eigenvalue weighted by Crippen LogP contribution is -2.38. The van der Waals surface area contributed by atoms with E-state index in [1.54, 1.807) is 5.57 Å². The van der Waals surface area contributed by atoms with E-state index in [1.165, 1.54) is 44.9 Å². The molecule has 0 bridgehead atoms. The summed E-state index contributed by atoms with van der Waals surface area (Å²) in [7, 11) is 0. The molecule has 3 aliphatic rings. The van der Waals surface area contributed by atoms with E-state index in [0.29, 0.717) is 30.1 Å². The molecule has 176 valence electrons. The molecule has 6 atom stereocenters. The van der Waals surface area contributed by atoms with Crippen LogP contribution in [0.1, 0.15) is 98.3 Å². The van der Waals surface area contributed by atoms with Crippen molar-refractivity contribution in [2.75, 3.05) is 0 Å². The van der Waals surface area contributed by atoms with E-state index < -0.39 is 17.8 Å². The normalized spacial score (nSPS) is 38.0. The first-order valence-electron chi connectivity index (χ1n) is 12.7. The molecule has 1 unspecified atom stereocenters. The largest absolute Gasteiger partial charge is 0.393 e. The van der Waals surface area contributed by atoms with Crippen molar-refractivity contribution in [3.05, 3.63) is 35.5 Å². The SMILES string of the molecule is C=C1/C(=C/C=C2/CCC[C@]3(CC)[C@@H](C(C)CCCC(C)(C)O)CC[C@@H]23)C[C@@H](O)C[C@@H]1O. The molecule has 0 saturated heterocycles. The lowest BCUT2D eigenvalue weighted by atomic mass is 9.58. The molecule has 0 aliphatic heterocycles. The molecule has 3 aliphatic carbocycles. The van der Waals surface area contributed by atoms with Crippen LogP contribution in [0, 0.1) is 23.2 Å². The lowest BCUT2D eigenvalue weighted by molar-refractivity contribution is 0.0519. The van der Waals surface area contributed by atoms with E-state index in [4.69, 9.17) is 0 Å². The molecule has 0 aromatic rings. The van der Waals surface area contributed by atoms with Gasteiger partial charge < -0.3 is 15.3 Å². The molecule has 3 N–H and O–H groups in total. The summed E-state index contributed by atoms with van der Waals surface area (Å²) < 4.78 is 0. The van der Waals surface area contributed by atoms with Crippen LogP contribution in [0.25, 0.3) is 0 Å². The summed E-state index contributed by atoms with van der Waals surface area (Å²) in [5.41, 5.74) is 3.23. The minimum Gasteiger partial charge on any atom is -0.393 e. The Hall–Kier alpha value is -0.900. The van der Waals surface area contributed by atoms with Gasteiger partial charge in [0.2, 0.25) is 0 Å². The number of aliphatic hydroxyl groups is 3. The van der Waals surface area contributed by atoms with E-state index in [-0.39, 0.29) is 0 Å². The Morgan fingerprint density at radius 1 is 1.23 bits per heavy atom. The van der Waals surface area contributed by atoms with Crippen LogP contribution in [0.5, 0.6) is 0 Å². The van der Waals surface area contributed by atoms with Crippen molar-refractivity contribution >= 4 is 0 Å². The third-order valence-corrected chi connectivity index (χ3v) is 8.81. The van der Waals surface area contributed by atoms with Crippen LogP contribution in [0.2, 0.25) is 0 Å². The number of fused-ring (bicyclic) bond motifs is 1. The molecule has 0 heterocycles. The standard InChI is InChI=1S/C28H46O3/c1-6-28-16-8-10-21(11-12-22-17-23(29)18-26(30)20(22)3)25(28)14-13-24(28)19(2)9-7-15-27(4,5)31/h11-12,19,23-26,29-31H,3,6-10,13-18H2,1-2,4-5H3/b21-11-,22-12+/t19?,23-,24-,25+,26+,28-/m1/s1. The molecular weight excluding hydrogens is 384 g/mol. The van der Waals surface area contributed by atoms with Gasteiger partial charge in [0.05, 0.1) is 17.8 Å². The van der Waals surface area contributed by atoms with Gasteiger partial charge in [-0.2, -0.15) is 0 Å². The van der Waals surface area contributed by atoms with Crippen molar-refractivity contribution in [2.24, 2.45) is 23.2 Å². The van der Waals surface area contributed by atoms with Gasteiger partial charge in [-0.1, -0.05) is 51.0 Å². The summed E-state index contributed by atoms with van der Waals surface area (Å²) in [6.45, 7) is 12.8. The highest BCUT2D eigenvalue weighted by Crippen LogP contribution is 2.61. The predicted octanol–water partition coefficient (Wildman–Crippen LogP) is 6.09. The van der Waals surface area contributed by atoms with Gasteiger partial charge in [0.1, 0.15) is 0 Å². The smallest absolute Gasteiger partial charge is 0.0811 e. The Bertz CT molecular complexity index is 698. The Morgan fingerprint density at radius 2 is 1.97 bits per heavy atom. The lowest BCUT2D eigenvalue weighted by Gasteiger charge is -2.47. The van der Waals surface area contributed by atoms with Crippen LogP contribution in [0.3, 0.4) is 0 Å². The summed E-state index contributed by atoms with van der Waals surface area (Å²) in [6.07, 6.45) is 15.2. The van der Waals surface area contributed by atoms with Crippen molar-refractivity contribution in [1.82, 2.24) is 0 Å². The van der Waals surface area contributed by atoms with E-state index in [9.17, 15) is 15.3 Å². The third-order valence-electron chi connectivity index (χ3n) is 8.81. The third kappa shape index (κ3) is 5.54. The number of hydrogen-bond donors (Lipinski definition) is 3. The first-order chi connectivity index (χ1) is 14.6. The average molecular weight is 431 g/mol. The number of allylic oxidation sites excluding steroid dienone is 3. The number of rotatable bonds is 7. The predicted molar refractivity (Wildman–Crippen MR) is 129 cm³/mol. The van der Waals surface area contributed by atoms with Gasteiger partial charge >= 0.3 is 0 Å². The summed E-state index contributed by atoms with van der Waals surface area (Å²) in [5, 5.41) is 30.3. The molecule has 31 heavy (non-hydrogen) atoms. The van der Waals surface area contributed by atoms with E-state index in [1.807, 2.05) is 13.8 Å². The fraction of sp³-hybridized carbons (Fsp3) is 0.786. The van der Waals surface area contributed by atoms with Crippen molar-refractivity contribution in [2.45, 2.75) is 116 Å². The molecular formula is C28H46O3. The zero-order valence-electron chi connectivity index (χ0n) is 20.4. The van der Waals surface area contributed by atoms with Gasteiger partial charge in [0.25, 0.3) is 0 Å². The van der Waals surface area contributed by atoms with Crippen LogP contribution in [0.15, 0.2) is 35.5 Å². The van der Waals surface area contributed by atoms with Gasteiger partial charge in [-0.05, 0) is 99.5 Å². The van der Waals surface area contributed by atoms with Crippen LogP contribution < -0.4 is 0 Å². The highest BCUT2D eigenvalue weighted by atomic mass is 16.3. The molecule has 0 radical (unpaired) electrons. The van der Waals surface area contributed by atoms with E-state index in [0.717, 1.165) is 29.9 Å². The van der Waals surface area contributed by atoms with Crippen LogP contribution in [-0.2, 0) is 0 Å². The van der Waals surface area contributed by atoms with Crippen molar-refractivity contribution in [1.29, 1.82) is 0 Å². The summed E-state index contributed by atoms with van der Waals surface area (Å²) in [6, 6.07) is 0. The Balaban J connectivity index is 1.75. The maximum Gasteiger partial charge on any atom is 0.0811 e. The molecule has 3 nitrogen and oxygen atoms in total. The number of aliphatic hydroxyl groups excluding tert-OH is 2. The molecule has 0 amide bonds. The summed E-state index contributed by atoms with van der Waals surface area (Å²) in [5.74, 6) is 2.14. The van der Waals surface area contributed by atoms with Gasteiger partial charge in [-0.3, -0.25) is 0 Å². The maximum absolute atomic E-state index is 10.2. The Morgan fingerprint density at radius 3 is 2.65 bits per heavy atom. The zero-order valence-corrected chi connectivity index (χ0v) is 20.4. The van der Waals surface area contributed by atoms with Crippen LogP contribution in [-0.4, -0.2) is 33.1 Å². The van der Waals surface area contributed by atoms with Crippen molar-refractivity contribution in [3.8, 4) is 0 Å². The van der Waals surface area contributed by atoms with Crippen molar-refractivity contribution in [3.63, 3.8) is 0 Å². The van der Waals surface area contributed by atoms with Crippen molar-refractivity contribution < 1.29 is 15.3 Å². The van der Waals surface area contributed by atoms with Gasteiger partial charge in [-0.25, -0.2) is 0 Å². The maximum atomic E-state index is 10.2. The van der Waals surface area contributed by atoms with Crippen LogP contribution in [0.4, 0.5) is 0 Å².